The van der Waals surface area contributed by atoms with Crippen LogP contribution in [0.1, 0.15) is 11.9 Å². The van der Waals surface area contributed by atoms with Crippen molar-refractivity contribution in [3.05, 3.63) is 54.4 Å². The highest BCUT2D eigenvalue weighted by atomic mass is 15.4. The quantitative estimate of drug-likeness (QED) is 0.569. The Morgan fingerprint density at radius 1 is 0.875 bits per heavy atom. The lowest BCUT2D eigenvalue weighted by molar-refractivity contribution is 0.394. The number of aryl methyl sites for hydroxylation is 2. The molecule has 24 heavy (non-hydrogen) atoms. The molecule has 0 amide bonds. The average molecular weight is 317 g/mol. The minimum atomic E-state index is 0.456. The summed E-state index contributed by atoms with van der Waals surface area (Å²) in [6, 6.07) is 17.1. The Hall–Kier alpha value is -2.82. The highest BCUT2D eigenvalue weighted by Crippen LogP contribution is 2.32. The molecule has 0 atom stereocenters. The van der Waals surface area contributed by atoms with E-state index in [1.165, 1.54) is 11.0 Å². The number of fused-ring (bicyclic) bond motifs is 2. The fraction of sp³-hybridized carbons (Fsp3) is 0.263. The number of nitrogens with zero attached hydrogens (tertiary/aromatic N) is 5. The van der Waals surface area contributed by atoms with Gasteiger partial charge in [0.15, 0.2) is 0 Å². The molecule has 4 aromatic rings. The normalized spacial score (nSPS) is 15.3. The van der Waals surface area contributed by atoms with Gasteiger partial charge in [0.05, 0.1) is 28.1 Å². The summed E-state index contributed by atoms with van der Waals surface area (Å²) < 4.78 is 4.55. The zero-order valence-corrected chi connectivity index (χ0v) is 13.8. The summed E-state index contributed by atoms with van der Waals surface area (Å²) in [4.78, 5) is 11.8. The van der Waals surface area contributed by atoms with E-state index in [0.717, 1.165) is 35.9 Å². The maximum atomic E-state index is 4.80. The van der Waals surface area contributed by atoms with Gasteiger partial charge < -0.3 is 14.0 Å². The SMILES string of the molecule is Cc1nc2ccccc2n1C1CN(c2nc3ccccc3n2C)C1. The van der Waals surface area contributed by atoms with Crippen LogP contribution in [0.3, 0.4) is 0 Å². The topological polar surface area (TPSA) is 38.9 Å². The molecule has 0 saturated carbocycles. The fourth-order valence-corrected chi connectivity index (χ4v) is 3.82. The molecule has 120 valence electrons. The van der Waals surface area contributed by atoms with Crippen LogP contribution in [0.25, 0.3) is 22.1 Å². The number of rotatable bonds is 2. The lowest BCUT2D eigenvalue weighted by Crippen LogP contribution is -2.49. The van der Waals surface area contributed by atoms with Crippen LogP contribution in [0.15, 0.2) is 48.5 Å². The van der Waals surface area contributed by atoms with E-state index < -0.39 is 0 Å². The van der Waals surface area contributed by atoms with Crippen LogP contribution in [0.2, 0.25) is 0 Å². The van der Waals surface area contributed by atoms with Crippen LogP contribution in [0.4, 0.5) is 5.95 Å². The largest absolute Gasteiger partial charge is 0.338 e. The van der Waals surface area contributed by atoms with E-state index in [-0.39, 0.29) is 0 Å². The molecule has 2 aromatic carbocycles. The van der Waals surface area contributed by atoms with Crippen molar-refractivity contribution in [3.8, 4) is 0 Å². The average Bonchev–Trinajstić information content (AvgIpc) is 3.05. The van der Waals surface area contributed by atoms with E-state index in [1.807, 2.05) is 12.1 Å². The van der Waals surface area contributed by atoms with Crippen molar-refractivity contribution in [1.82, 2.24) is 19.1 Å². The monoisotopic (exact) mass is 317 g/mol. The summed E-state index contributed by atoms with van der Waals surface area (Å²) in [7, 11) is 2.09. The van der Waals surface area contributed by atoms with Crippen molar-refractivity contribution in [2.45, 2.75) is 13.0 Å². The second-order valence-electron chi connectivity index (χ2n) is 6.54. The zero-order chi connectivity index (χ0) is 16.3. The van der Waals surface area contributed by atoms with Crippen molar-refractivity contribution in [2.24, 2.45) is 7.05 Å². The van der Waals surface area contributed by atoms with Gasteiger partial charge in [-0.25, -0.2) is 9.97 Å². The van der Waals surface area contributed by atoms with Crippen LogP contribution in [0.5, 0.6) is 0 Å². The molecule has 5 rings (SSSR count). The zero-order valence-electron chi connectivity index (χ0n) is 13.8. The number of hydrogen-bond donors (Lipinski definition) is 0. The van der Waals surface area contributed by atoms with Gasteiger partial charge in [-0.3, -0.25) is 0 Å². The predicted molar refractivity (Wildman–Crippen MR) is 96.4 cm³/mol. The number of imidazole rings is 2. The molecule has 1 saturated heterocycles. The Morgan fingerprint density at radius 3 is 2.21 bits per heavy atom. The minimum absolute atomic E-state index is 0.456. The Labute approximate surface area is 140 Å². The third-order valence-electron chi connectivity index (χ3n) is 5.05. The number of para-hydroxylation sites is 4. The van der Waals surface area contributed by atoms with E-state index >= 15 is 0 Å². The second kappa shape index (κ2) is 4.84. The van der Waals surface area contributed by atoms with Crippen molar-refractivity contribution >= 4 is 28.0 Å². The number of hydrogen-bond acceptors (Lipinski definition) is 3. The molecule has 0 bridgehead atoms. The Kier molecular flexibility index (Phi) is 2.74. The first-order valence-electron chi connectivity index (χ1n) is 8.32. The van der Waals surface area contributed by atoms with Gasteiger partial charge in [0, 0.05) is 20.1 Å². The predicted octanol–water partition coefficient (Wildman–Crippen LogP) is 3.29. The maximum absolute atomic E-state index is 4.80. The van der Waals surface area contributed by atoms with Gasteiger partial charge in [-0.1, -0.05) is 24.3 Å². The number of benzene rings is 2. The van der Waals surface area contributed by atoms with Gasteiger partial charge >= 0.3 is 0 Å². The van der Waals surface area contributed by atoms with E-state index in [2.05, 4.69) is 69.4 Å². The number of aromatic nitrogens is 4. The van der Waals surface area contributed by atoms with Gasteiger partial charge in [-0.05, 0) is 31.2 Å². The molecule has 1 fully saturated rings. The third kappa shape index (κ3) is 1.81. The van der Waals surface area contributed by atoms with E-state index in [9.17, 15) is 0 Å². The summed E-state index contributed by atoms with van der Waals surface area (Å²) in [5.74, 6) is 2.14. The van der Waals surface area contributed by atoms with Crippen LogP contribution < -0.4 is 4.90 Å². The maximum Gasteiger partial charge on any atom is 0.206 e. The molecule has 1 aliphatic heterocycles. The molecule has 5 nitrogen and oxygen atoms in total. The molecule has 0 unspecified atom stereocenters. The summed E-state index contributed by atoms with van der Waals surface area (Å²) in [6.07, 6.45) is 0. The first-order valence-corrected chi connectivity index (χ1v) is 8.32. The van der Waals surface area contributed by atoms with Crippen LogP contribution in [-0.4, -0.2) is 32.2 Å². The summed E-state index contributed by atoms with van der Waals surface area (Å²) in [5, 5.41) is 0. The Morgan fingerprint density at radius 2 is 1.50 bits per heavy atom. The molecular weight excluding hydrogens is 298 g/mol. The van der Waals surface area contributed by atoms with Crippen molar-refractivity contribution < 1.29 is 0 Å². The minimum Gasteiger partial charge on any atom is -0.338 e. The van der Waals surface area contributed by atoms with E-state index in [1.54, 1.807) is 0 Å². The lowest BCUT2D eigenvalue weighted by atomic mass is 10.1. The molecule has 0 aliphatic carbocycles. The summed E-state index contributed by atoms with van der Waals surface area (Å²) in [6.45, 7) is 4.04. The van der Waals surface area contributed by atoms with E-state index in [4.69, 9.17) is 4.98 Å². The molecule has 0 radical (unpaired) electrons. The van der Waals surface area contributed by atoms with Crippen LogP contribution in [-0.2, 0) is 7.05 Å². The van der Waals surface area contributed by atoms with Crippen molar-refractivity contribution in [1.29, 1.82) is 0 Å². The van der Waals surface area contributed by atoms with Gasteiger partial charge in [0.2, 0.25) is 5.95 Å². The van der Waals surface area contributed by atoms with Gasteiger partial charge in [-0.2, -0.15) is 0 Å². The van der Waals surface area contributed by atoms with Gasteiger partial charge in [0.1, 0.15) is 5.82 Å². The summed E-state index contributed by atoms with van der Waals surface area (Å²) in [5.41, 5.74) is 4.55. The highest BCUT2D eigenvalue weighted by Gasteiger charge is 2.33. The van der Waals surface area contributed by atoms with Crippen LogP contribution >= 0.6 is 0 Å². The highest BCUT2D eigenvalue weighted by molar-refractivity contribution is 5.79. The molecule has 3 heterocycles. The smallest absolute Gasteiger partial charge is 0.206 e. The van der Waals surface area contributed by atoms with Gasteiger partial charge in [-0.15, -0.1) is 0 Å². The Bertz CT molecular complexity index is 1050. The van der Waals surface area contributed by atoms with Crippen molar-refractivity contribution in [2.75, 3.05) is 18.0 Å². The van der Waals surface area contributed by atoms with E-state index in [0.29, 0.717) is 6.04 Å². The first-order chi connectivity index (χ1) is 11.7. The van der Waals surface area contributed by atoms with Crippen LogP contribution in [0, 0.1) is 6.92 Å². The molecule has 0 spiro atoms. The summed E-state index contributed by atoms with van der Waals surface area (Å²) >= 11 is 0. The molecule has 0 N–H and O–H groups in total. The third-order valence-corrected chi connectivity index (χ3v) is 5.05. The molecular formula is C19H19N5. The first kappa shape index (κ1) is 13.6. The second-order valence-corrected chi connectivity index (χ2v) is 6.54. The van der Waals surface area contributed by atoms with Gasteiger partial charge in [0.25, 0.3) is 0 Å². The fourth-order valence-electron chi connectivity index (χ4n) is 3.82. The lowest BCUT2D eigenvalue weighted by Gasteiger charge is -2.41. The molecule has 2 aromatic heterocycles. The Balaban J connectivity index is 1.47. The molecule has 5 heteroatoms. The van der Waals surface area contributed by atoms with Crippen molar-refractivity contribution in [3.63, 3.8) is 0 Å². The standard InChI is InChI=1S/C19H19N5/c1-13-20-16-8-4-6-10-18(16)24(13)14-11-23(12-14)19-21-15-7-3-5-9-17(15)22(19)2/h3-10,14H,11-12H2,1-2H3. The number of anilines is 1. The molecule has 1 aliphatic rings.